The second-order valence-electron chi connectivity index (χ2n) is 9.86. The van der Waals surface area contributed by atoms with E-state index in [2.05, 4.69) is 53.2 Å². The van der Waals surface area contributed by atoms with Gasteiger partial charge >= 0.3 is 5.00 Å². The van der Waals surface area contributed by atoms with Gasteiger partial charge < -0.3 is 10.2 Å². The average molecular weight is 506 g/mol. The summed E-state index contributed by atoms with van der Waals surface area (Å²) in [5, 5.41) is 19.0. The Balaban J connectivity index is 1.56. The molecule has 1 saturated heterocycles. The molecule has 0 unspecified atom stereocenters. The third-order valence-electron chi connectivity index (χ3n) is 6.26. The molecule has 5 rings (SSSR count). The molecule has 1 fully saturated rings. The van der Waals surface area contributed by atoms with Crippen molar-refractivity contribution in [3.05, 3.63) is 63.1 Å². The summed E-state index contributed by atoms with van der Waals surface area (Å²) >= 11 is 0.826. The minimum Gasteiger partial charge on any atom is -0.341 e. The molecule has 1 aliphatic rings. The number of aromatic nitrogens is 4. The highest BCUT2D eigenvalue weighted by molar-refractivity contribution is 7.17. The largest absolute Gasteiger partial charge is 0.341 e. The molecule has 0 bridgehead atoms. The van der Waals surface area contributed by atoms with Gasteiger partial charge in [0.15, 0.2) is 5.65 Å². The summed E-state index contributed by atoms with van der Waals surface area (Å²) < 4.78 is 1.75. The zero-order chi connectivity index (χ0) is 25.4. The molecule has 0 saturated carbocycles. The number of nitrogens with one attached hydrogen (secondary N) is 1. The summed E-state index contributed by atoms with van der Waals surface area (Å²) in [4.78, 5) is 35.4. The monoisotopic (exact) mass is 505 g/mol. The van der Waals surface area contributed by atoms with Crippen molar-refractivity contribution in [2.24, 2.45) is 0 Å². The van der Waals surface area contributed by atoms with E-state index in [0.717, 1.165) is 49.4 Å². The molecule has 0 atom stereocenters. The molecular weight excluding hydrogens is 478 g/mol. The van der Waals surface area contributed by atoms with E-state index in [1.807, 2.05) is 12.1 Å². The normalized spacial score (nSPS) is 14.2. The lowest BCUT2D eigenvalue weighted by atomic mass is 9.87. The van der Waals surface area contributed by atoms with E-state index in [1.54, 1.807) is 10.9 Å². The summed E-state index contributed by atoms with van der Waals surface area (Å²) in [5.41, 5.74) is 2.68. The van der Waals surface area contributed by atoms with Crippen molar-refractivity contribution in [2.75, 3.05) is 23.3 Å². The van der Waals surface area contributed by atoms with Gasteiger partial charge in [0.2, 0.25) is 5.95 Å². The van der Waals surface area contributed by atoms with Crippen molar-refractivity contribution >= 4 is 45.0 Å². The molecule has 1 N–H and O–H groups in total. The number of thiophene rings is 1. The van der Waals surface area contributed by atoms with E-state index in [1.165, 1.54) is 17.7 Å². The maximum atomic E-state index is 13.0. The van der Waals surface area contributed by atoms with Crippen LogP contribution >= 0.6 is 11.3 Å². The minimum atomic E-state index is -0.506. The van der Waals surface area contributed by atoms with Crippen LogP contribution in [0.2, 0.25) is 0 Å². The molecule has 0 radical (unpaired) electrons. The average Bonchev–Trinajstić information content (AvgIpc) is 3.52. The number of hydrogen-bond donors (Lipinski definition) is 1. The number of amides is 1. The molecule has 11 heteroatoms. The van der Waals surface area contributed by atoms with Crippen LogP contribution in [0.4, 0.5) is 16.8 Å². The Bertz CT molecular complexity index is 1430. The van der Waals surface area contributed by atoms with Gasteiger partial charge in [0.25, 0.3) is 5.91 Å². The maximum Gasteiger partial charge on any atom is 0.324 e. The predicted molar refractivity (Wildman–Crippen MR) is 140 cm³/mol. The SMILES string of the molecule is CC(C)(C)c1ccc(-n2ncc3c(NC(=O)c4ccc([N+](=O)[O-])s4)nc(N4CCCCC4)nc32)cc1. The lowest BCUT2D eigenvalue weighted by Gasteiger charge is -2.27. The smallest absolute Gasteiger partial charge is 0.324 e. The number of fused-ring (bicyclic) bond motifs is 1. The molecule has 10 nitrogen and oxygen atoms in total. The number of anilines is 2. The summed E-state index contributed by atoms with van der Waals surface area (Å²) in [5.74, 6) is 0.405. The van der Waals surface area contributed by atoms with Crippen molar-refractivity contribution in [1.82, 2.24) is 19.7 Å². The highest BCUT2D eigenvalue weighted by Gasteiger charge is 2.22. The van der Waals surface area contributed by atoms with Crippen molar-refractivity contribution in [2.45, 2.75) is 45.4 Å². The second-order valence-corrected chi connectivity index (χ2v) is 10.9. The highest BCUT2D eigenvalue weighted by Crippen LogP contribution is 2.30. The van der Waals surface area contributed by atoms with E-state index in [9.17, 15) is 14.9 Å². The number of hydrogen-bond acceptors (Lipinski definition) is 8. The Morgan fingerprint density at radius 2 is 1.78 bits per heavy atom. The predicted octanol–water partition coefficient (Wildman–Crippen LogP) is 5.33. The van der Waals surface area contributed by atoms with E-state index in [-0.39, 0.29) is 15.3 Å². The fourth-order valence-electron chi connectivity index (χ4n) is 4.24. The second kappa shape index (κ2) is 9.30. The zero-order valence-corrected chi connectivity index (χ0v) is 21.2. The molecular formula is C25H27N7O3S. The molecule has 4 aromatic rings. The van der Waals surface area contributed by atoms with Crippen LogP contribution in [0.25, 0.3) is 16.7 Å². The van der Waals surface area contributed by atoms with Crippen LogP contribution in [0, 0.1) is 10.1 Å². The highest BCUT2D eigenvalue weighted by atomic mass is 32.1. The number of rotatable bonds is 5. The van der Waals surface area contributed by atoms with E-state index < -0.39 is 10.8 Å². The number of nitrogens with zero attached hydrogens (tertiary/aromatic N) is 6. The molecule has 1 aliphatic heterocycles. The lowest BCUT2D eigenvalue weighted by Crippen LogP contribution is -2.31. The molecule has 0 aliphatic carbocycles. The Hall–Kier alpha value is -3.86. The third kappa shape index (κ3) is 4.66. The van der Waals surface area contributed by atoms with Crippen molar-refractivity contribution in [3.63, 3.8) is 0 Å². The van der Waals surface area contributed by atoms with Gasteiger partial charge in [-0.2, -0.15) is 15.1 Å². The Labute approximate surface area is 212 Å². The first-order chi connectivity index (χ1) is 17.2. The van der Waals surface area contributed by atoms with Gasteiger partial charge in [0.1, 0.15) is 5.82 Å². The molecule has 0 spiro atoms. The van der Waals surface area contributed by atoms with Crippen LogP contribution in [0.5, 0.6) is 0 Å². The lowest BCUT2D eigenvalue weighted by molar-refractivity contribution is -0.380. The van der Waals surface area contributed by atoms with Gasteiger partial charge in [-0.1, -0.05) is 44.2 Å². The van der Waals surface area contributed by atoms with Gasteiger partial charge in [-0.3, -0.25) is 14.9 Å². The number of piperidine rings is 1. The number of benzene rings is 1. The van der Waals surface area contributed by atoms with Gasteiger partial charge in [-0.05, 0) is 48.4 Å². The third-order valence-corrected chi connectivity index (χ3v) is 7.30. The van der Waals surface area contributed by atoms with E-state index in [4.69, 9.17) is 4.98 Å². The first-order valence-electron chi connectivity index (χ1n) is 11.9. The van der Waals surface area contributed by atoms with Crippen molar-refractivity contribution in [1.29, 1.82) is 0 Å². The maximum absolute atomic E-state index is 13.0. The fraction of sp³-hybridized carbons (Fsp3) is 0.360. The van der Waals surface area contributed by atoms with Crippen LogP contribution in [-0.2, 0) is 5.41 Å². The Morgan fingerprint density at radius 3 is 2.42 bits per heavy atom. The summed E-state index contributed by atoms with van der Waals surface area (Å²) in [6.45, 7) is 8.18. The van der Waals surface area contributed by atoms with Crippen LogP contribution in [0.15, 0.2) is 42.6 Å². The molecule has 36 heavy (non-hydrogen) atoms. The standard InChI is InChI=1S/C25H27N7O3S/c1-25(2,3)16-7-9-17(10-8-16)31-22-18(15-26-31)21(28-24(29-22)30-13-5-4-6-14-30)27-23(33)19-11-12-20(36-19)32(34)35/h7-12,15H,4-6,13-14H2,1-3H3,(H,27,28,29,33). The van der Waals surface area contributed by atoms with Gasteiger partial charge in [0, 0.05) is 19.2 Å². The number of carbonyl (C=O) groups is 1. The van der Waals surface area contributed by atoms with Crippen LogP contribution in [0.1, 0.15) is 55.3 Å². The van der Waals surface area contributed by atoms with Crippen molar-refractivity contribution < 1.29 is 9.72 Å². The molecule has 3 aromatic heterocycles. The fourth-order valence-corrected chi connectivity index (χ4v) is 4.95. The quantitative estimate of drug-likeness (QED) is 0.288. The summed E-state index contributed by atoms with van der Waals surface area (Å²) in [6.07, 6.45) is 4.90. The van der Waals surface area contributed by atoms with Crippen LogP contribution in [-0.4, -0.2) is 43.7 Å². The van der Waals surface area contributed by atoms with Crippen LogP contribution in [0.3, 0.4) is 0 Å². The Morgan fingerprint density at radius 1 is 1.06 bits per heavy atom. The first-order valence-corrected chi connectivity index (χ1v) is 12.7. The zero-order valence-electron chi connectivity index (χ0n) is 20.4. The first kappa shape index (κ1) is 23.9. The molecule has 1 amide bonds. The number of nitro groups is 1. The molecule has 1 aromatic carbocycles. The van der Waals surface area contributed by atoms with Crippen LogP contribution < -0.4 is 10.2 Å². The number of carbonyl (C=O) groups excluding carboxylic acids is 1. The Kier molecular flexibility index (Phi) is 6.17. The molecule has 186 valence electrons. The van der Waals surface area contributed by atoms with Gasteiger partial charge in [0.05, 0.1) is 27.1 Å². The topological polar surface area (TPSA) is 119 Å². The summed E-state index contributed by atoms with van der Waals surface area (Å²) in [7, 11) is 0. The van der Waals surface area contributed by atoms with Gasteiger partial charge in [-0.15, -0.1) is 0 Å². The molecule has 4 heterocycles. The minimum absolute atomic E-state index is 0.0304. The van der Waals surface area contributed by atoms with E-state index in [0.29, 0.717) is 22.8 Å². The summed E-state index contributed by atoms with van der Waals surface area (Å²) in [6, 6.07) is 11.0. The van der Waals surface area contributed by atoms with Crippen molar-refractivity contribution in [3.8, 4) is 5.69 Å². The van der Waals surface area contributed by atoms with Gasteiger partial charge in [-0.25, -0.2) is 4.68 Å². The van der Waals surface area contributed by atoms with E-state index >= 15 is 0 Å².